The fourth-order valence-electron chi connectivity index (χ4n) is 3.29. The largest absolute Gasteiger partial charge is 0.444 e. The molecule has 2 amide bonds. The molecule has 166 valence electrons. The van der Waals surface area contributed by atoms with Crippen LogP contribution in [0.15, 0.2) is 65.5 Å². The summed E-state index contributed by atoms with van der Waals surface area (Å²) in [5.41, 5.74) is 7.03. The van der Waals surface area contributed by atoms with Gasteiger partial charge in [-0.1, -0.05) is 18.2 Å². The fraction of sp³-hybridized carbons (Fsp3) is 0.174. The Morgan fingerprint density at radius 2 is 2.00 bits per heavy atom. The van der Waals surface area contributed by atoms with Crippen molar-refractivity contribution in [3.63, 3.8) is 0 Å². The zero-order chi connectivity index (χ0) is 22.8. The molecule has 10 nitrogen and oxygen atoms in total. The third-order valence-corrected chi connectivity index (χ3v) is 5.23. The van der Waals surface area contributed by atoms with E-state index in [2.05, 4.69) is 25.7 Å². The highest BCUT2D eigenvalue weighted by atomic mass is 16.3. The fourth-order valence-corrected chi connectivity index (χ4v) is 3.29. The molecule has 0 unspecified atom stereocenters. The normalized spacial score (nSPS) is 13.0. The number of carbonyl (C=O) groups is 2. The third kappa shape index (κ3) is 4.59. The summed E-state index contributed by atoms with van der Waals surface area (Å²) in [6.45, 7) is 0.883. The summed E-state index contributed by atoms with van der Waals surface area (Å²) in [4.78, 5) is 33.2. The molecule has 10 heteroatoms. The quantitative estimate of drug-likeness (QED) is 0.380. The van der Waals surface area contributed by atoms with E-state index >= 15 is 0 Å². The molecule has 1 aliphatic carbocycles. The van der Waals surface area contributed by atoms with Crippen LogP contribution < -0.4 is 16.4 Å². The summed E-state index contributed by atoms with van der Waals surface area (Å²) in [6, 6.07) is 12.7. The molecule has 33 heavy (non-hydrogen) atoms. The number of nitrogens with zero attached hydrogens (tertiary/aromatic N) is 4. The molecule has 4 N–H and O–H groups in total. The number of anilines is 2. The van der Waals surface area contributed by atoms with Crippen LogP contribution in [0, 0.1) is 5.92 Å². The predicted molar refractivity (Wildman–Crippen MR) is 121 cm³/mol. The number of nitrogens with one attached hydrogen (secondary N) is 2. The van der Waals surface area contributed by atoms with Gasteiger partial charge in [0, 0.05) is 18.3 Å². The minimum Gasteiger partial charge on any atom is -0.444 e. The van der Waals surface area contributed by atoms with Crippen molar-refractivity contribution >= 4 is 23.3 Å². The predicted octanol–water partition coefficient (Wildman–Crippen LogP) is 3.10. The number of aromatic nitrogens is 4. The number of rotatable bonds is 8. The van der Waals surface area contributed by atoms with Gasteiger partial charge in [0.25, 0.3) is 11.8 Å². The van der Waals surface area contributed by atoms with E-state index in [0.29, 0.717) is 17.2 Å². The van der Waals surface area contributed by atoms with Crippen LogP contribution in [0.4, 0.5) is 11.5 Å². The first-order valence-corrected chi connectivity index (χ1v) is 10.5. The molecule has 1 fully saturated rings. The third-order valence-electron chi connectivity index (χ3n) is 5.23. The first kappa shape index (κ1) is 20.4. The highest BCUT2D eigenvalue weighted by Crippen LogP contribution is 2.29. The zero-order valence-corrected chi connectivity index (χ0v) is 17.6. The smallest absolute Gasteiger partial charge is 0.277 e. The number of carbonyl (C=O) groups excluding carboxylic acids is 2. The van der Waals surface area contributed by atoms with Gasteiger partial charge in [0.05, 0.1) is 17.6 Å². The SMILES string of the molecule is NC(=O)c1nn(-c2ccccc2)cc1NC(=O)c1coc(-c2ccnc(NCC3CC3)c2)n1. The van der Waals surface area contributed by atoms with Crippen molar-refractivity contribution in [2.24, 2.45) is 11.7 Å². The molecule has 3 aromatic heterocycles. The Morgan fingerprint density at radius 1 is 1.18 bits per heavy atom. The molecule has 0 radical (unpaired) electrons. The maximum atomic E-state index is 12.8. The number of amides is 2. The molecule has 1 aromatic carbocycles. The van der Waals surface area contributed by atoms with Crippen LogP contribution in [-0.2, 0) is 0 Å². The summed E-state index contributed by atoms with van der Waals surface area (Å²) in [5, 5.41) is 10.1. The van der Waals surface area contributed by atoms with Crippen LogP contribution in [0.3, 0.4) is 0 Å². The van der Waals surface area contributed by atoms with Gasteiger partial charge < -0.3 is 20.8 Å². The average molecular weight is 443 g/mol. The Balaban J connectivity index is 1.34. The number of nitrogens with two attached hydrogens (primary N) is 1. The summed E-state index contributed by atoms with van der Waals surface area (Å²) in [7, 11) is 0. The Bertz CT molecular complexity index is 1310. The summed E-state index contributed by atoms with van der Waals surface area (Å²) < 4.78 is 6.98. The van der Waals surface area contributed by atoms with E-state index in [1.54, 1.807) is 12.3 Å². The van der Waals surface area contributed by atoms with E-state index < -0.39 is 11.8 Å². The number of hydrogen-bond donors (Lipinski definition) is 3. The molecular weight excluding hydrogens is 422 g/mol. The monoisotopic (exact) mass is 443 g/mol. The molecule has 0 bridgehead atoms. The molecule has 5 rings (SSSR count). The zero-order valence-electron chi connectivity index (χ0n) is 17.6. The Kier molecular flexibility index (Phi) is 5.31. The standard InChI is InChI=1S/C23H21N7O3/c24-21(31)20-17(12-30(29-20)16-4-2-1-3-5-16)27-22(32)18-13-33-23(28-18)15-8-9-25-19(10-15)26-11-14-6-7-14/h1-5,8-10,12-14H,6-7,11H2,(H2,24,31)(H,25,26)(H,27,32). The van der Waals surface area contributed by atoms with Gasteiger partial charge in [-0.3, -0.25) is 9.59 Å². The summed E-state index contributed by atoms with van der Waals surface area (Å²) >= 11 is 0. The summed E-state index contributed by atoms with van der Waals surface area (Å²) in [5.74, 6) is 0.407. The molecule has 0 spiro atoms. The molecule has 1 saturated carbocycles. The molecule has 4 aromatic rings. The minimum atomic E-state index is -0.760. The van der Waals surface area contributed by atoms with Gasteiger partial charge in [-0.15, -0.1) is 0 Å². The number of hydrogen-bond acceptors (Lipinski definition) is 7. The van der Waals surface area contributed by atoms with Crippen LogP contribution in [0.1, 0.15) is 33.8 Å². The highest BCUT2D eigenvalue weighted by Gasteiger charge is 2.22. The number of para-hydroxylation sites is 1. The molecule has 0 atom stereocenters. The Hall–Kier alpha value is -4.47. The van der Waals surface area contributed by atoms with Crippen molar-refractivity contribution in [3.8, 4) is 17.1 Å². The van der Waals surface area contributed by atoms with Crippen molar-refractivity contribution in [2.75, 3.05) is 17.2 Å². The van der Waals surface area contributed by atoms with Crippen LogP contribution in [0.25, 0.3) is 17.1 Å². The lowest BCUT2D eigenvalue weighted by molar-refractivity contribution is 0.0996. The number of pyridine rings is 1. The summed E-state index contributed by atoms with van der Waals surface area (Å²) in [6.07, 6.45) is 6.92. The van der Waals surface area contributed by atoms with Crippen molar-refractivity contribution in [1.29, 1.82) is 0 Å². The van der Waals surface area contributed by atoms with Gasteiger partial charge in [-0.2, -0.15) is 5.10 Å². The molecule has 0 saturated heterocycles. The van der Waals surface area contributed by atoms with Crippen LogP contribution >= 0.6 is 0 Å². The van der Waals surface area contributed by atoms with Gasteiger partial charge in [0.15, 0.2) is 11.4 Å². The van der Waals surface area contributed by atoms with E-state index in [9.17, 15) is 9.59 Å². The van der Waals surface area contributed by atoms with Crippen molar-refractivity contribution in [1.82, 2.24) is 19.7 Å². The van der Waals surface area contributed by atoms with E-state index in [4.69, 9.17) is 10.2 Å². The van der Waals surface area contributed by atoms with Crippen molar-refractivity contribution in [3.05, 3.63) is 72.5 Å². The number of benzene rings is 1. The maximum Gasteiger partial charge on any atom is 0.277 e. The van der Waals surface area contributed by atoms with Gasteiger partial charge >= 0.3 is 0 Å². The topological polar surface area (TPSA) is 141 Å². The number of primary amides is 1. The molecule has 1 aliphatic rings. The highest BCUT2D eigenvalue weighted by molar-refractivity contribution is 6.07. The van der Waals surface area contributed by atoms with Crippen molar-refractivity contribution < 1.29 is 14.0 Å². The van der Waals surface area contributed by atoms with Crippen LogP contribution in [0.5, 0.6) is 0 Å². The minimum absolute atomic E-state index is 0.0529. The van der Waals surface area contributed by atoms with E-state index in [1.807, 2.05) is 36.4 Å². The van der Waals surface area contributed by atoms with Gasteiger partial charge in [-0.05, 0) is 43.0 Å². The van der Waals surface area contributed by atoms with Crippen LogP contribution in [-0.4, -0.2) is 38.1 Å². The van der Waals surface area contributed by atoms with E-state index in [0.717, 1.165) is 12.4 Å². The van der Waals surface area contributed by atoms with E-state index in [-0.39, 0.29) is 23.0 Å². The first-order valence-electron chi connectivity index (χ1n) is 10.5. The Labute approximate surface area is 188 Å². The average Bonchev–Trinajstić information content (AvgIpc) is 3.35. The Morgan fingerprint density at radius 3 is 2.76 bits per heavy atom. The lowest BCUT2D eigenvalue weighted by atomic mass is 10.2. The second-order valence-electron chi connectivity index (χ2n) is 7.78. The lowest BCUT2D eigenvalue weighted by Crippen LogP contribution is -2.18. The number of oxazole rings is 1. The maximum absolute atomic E-state index is 12.8. The molecule has 3 heterocycles. The van der Waals surface area contributed by atoms with Gasteiger partial charge in [0.1, 0.15) is 12.1 Å². The second-order valence-corrected chi connectivity index (χ2v) is 7.78. The van der Waals surface area contributed by atoms with Crippen molar-refractivity contribution in [2.45, 2.75) is 12.8 Å². The lowest BCUT2D eigenvalue weighted by Gasteiger charge is -2.04. The molecular formula is C23H21N7O3. The van der Waals surface area contributed by atoms with Crippen LogP contribution in [0.2, 0.25) is 0 Å². The van der Waals surface area contributed by atoms with Gasteiger partial charge in [0.2, 0.25) is 5.89 Å². The van der Waals surface area contributed by atoms with Gasteiger partial charge in [-0.25, -0.2) is 14.6 Å². The van der Waals surface area contributed by atoms with E-state index in [1.165, 1.54) is 30.0 Å². The molecule has 0 aliphatic heterocycles. The first-order chi connectivity index (χ1) is 16.1. The second kappa shape index (κ2) is 8.58.